The van der Waals surface area contributed by atoms with Gasteiger partial charge in [0.2, 0.25) is 0 Å². The van der Waals surface area contributed by atoms with Crippen molar-refractivity contribution in [2.24, 2.45) is 0 Å². The first kappa shape index (κ1) is 16.8. The molecule has 0 aliphatic carbocycles. The number of phenols is 1. The van der Waals surface area contributed by atoms with E-state index in [1.807, 2.05) is 31.2 Å². The molecule has 1 aliphatic heterocycles. The molecule has 1 heterocycles. The van der Waals surface area contributed by atoms with Crippen molar-refractivity contribution in [2.45, 2.75) is 13.0 Å². The number of phenolic OH excluding ortho intramolecular Hbond substituents is 1. The van der Waals surface area contributed by atoms with Gasteiger partial charge in [-0.1, -0.05) is 24.3 Å². The predicted octanol–water partition coefficient (Wildman–Crippen LogP) is 5.68. The summed E-state index contributed by atoms with van der Waals surface area (Å²) in [6.45, 7) is 1.88. The molecule has 5 heteroatoms. The zero-order chi connectivity index (χ0) is 18.4. The minimum atomic E-state index is -0.350. The Bertz CT molecular complexity index is 1030. The van der Waals surface area contributed by atoms with E-state index in [-0.39, 0.29) is 23.5 Å². The summed E-state index contributed by atoms with van der Waals surface area (Å²) < 4.78 is 14.5. The molecule has 4 rings (SSSR count). The molecule has 0 spiro atoms. The third-order valence-electron chi connectivity index (χ3n) is 4.70. The van der Waals surface area contributed by atoms with Crippen LogP contribution in [0.25, 0.3) is 11.1 Å². The molecule has 1 atom stereocenters. The van der Waals surface area contributed by atoms with E-state index in [0.29, 0.717) is 10.0 Å². The number of hydrogen-bond donors (Lipinski definition) is 1. The monoisotopic (exact) mass is 411 g/mol. The molecule has 0 radical (unpaired) electrons. The van der Waals surface area contributed by atoms with Gasteiger partial charge in [0, 0.05) is 10.0 Å². The number of aromatic hydroxyl groups is 1. The second-order valence-electron chi connectivity index (χ2n) is 6.26. The predicted molar refractivity (Wildman–Crippen MR) is 103 cm³/mol. The van der Waals surface area contributed by atoms with Crippen molar-refractivity contribution >= 4 is 27.5 Å². The van der Waals surface area contributed by atoms with E-state index in [4.69, 9.17) is 0 Å². The summed E-state index contributed by atoms with van der Waals surface area (Å²) in [7, 11) is 0. The molecule has 0 unspecified atom stereocenters. The summed E-state index contributed by atoms with van der Waals surface area (Å²) in [4.78, 5) is 15.0. The lowest BCUT2D eigenvalue weighted by Gasteiger charge is -2.37. The minimum absolute atomic E-state index is 0.0148. The molecule has 3 aromatic carbocycles. The average molecular weight is 412 g/mol. The average Bonchev–Trinajstić information content (AvgIpc) is 2.64. The molecular formula is C21H15BrFNO2. The van der Waals surface area contributed by atoms with Gasteiger partial charge >= 0.3 is 0 Å². The SMILES string of the molecule is C[C@@H]1c2cc(F)ccc2-c2ccccc2N1C(=O)c1cc(O)ccc1Br. The third kappa shape index (κ3) is 2.59. The first-order valence-electron chi connectivity index (χ1n) is 8.18. The van der Waals surface area contributed by atoms with Crippen molar-refractivity contribution in [1.29, 1.82) is 0 Å². The van der Waals surface area contributed by atoms with Crippen LogP contribution in [0.15, 0.2) is 65.1 Å². The van der Waals surface area contributed by atoms with E-state index in [1.54, 1.807) is 17.0 Å². The lowest BCUT2D eigenvalue weighted by molar-refractivity contribution is 0.0976. The van der Waals surface area contributed by atoms with Crippen molar-refractivity contribution in [2.75, 3.05) is 4.90 Å². The van der Waals surface area contributed by atoms with Crippen LogP contribution < -0.4 is 4.90 Å². The summed E-state index contributed by atoms with van der Waals surface area (Å²) in [6.07, 6.45) is 0. The summed E-state index contributed by atoms with van der Waals surface area (Å²) >= 11 is 3.38. The number of halogens is 2. The van der Waals surface area contributed by atoms with E-state index < -0.39 is 0 Å². The Kier molecular flexibility index (Phi) is 4.04. The van der Waals surface area contributed by atoms with Crippen LogP contribution >= 0.6 is 15.9 Å². The van der Waals surface area contributed by atoms with Gasteiger partial charge in [0.25, 0.3) is 5.91 Å². The summed E-state index contributed by atoms with van der Waals surface area (Å²) in [5.74, 6) is -0.579. The molecule has 1 aliphatic rings. The number of hydrogen-bond acceptors (Lipinski definition) is 2. The molecule has 1 N–H and O–H groups in total. The molecule has 0 fully saturated rings. The van der Waals surface area contributed by atoms with Crippen molar-refractivity contribution in [3.8, 4) is 16.9 Å². The Morgan fingerprint density at radius 2 is 1.85 bits per heavy atom. The highest BCUT2D eigenvalue weighted by molar-refractivity contribution is 9.10. The van der Waals surface area contributed by atoms with Crippen molar-refractivity contribution in [3.05, 3.63) is 82.1 Å². The first-order valence-corrected chi connectivity index (χ1v) is 8.97. The fraction of sp³-hybridized carbons (Fsp3) is 0.0952. The number of amides is 1. The smallest absolute Gasteiger partial charge is 0.260 e. The van der Waals surface area contributed by atoms with Gasteiger partial charge in [-0.3, -0.25) is 4.79 Å². The molecule has 3 aromatic rings. The standard InChI is InChI=1S/C21H15BrFNO2/c1-12-17-10-13(23)6-8-15(17)16-4-2-3-5-20(16)24(12)21(26)18-11-14(25)7-9-19(18)22/h2-12,25H,1H3/t12-/m1/s1. The number of benzene rings is 3. The second kappa shape index (κ2) is 6.25. The molecule has 0 saturated carbocycles. The topological polar surface area (TPSA) is 40.5 Å². The van der Waals surface area contributed by atoms with E-state index in [9.17, 15) is 14.3 Å². The van der Waals surface area contributed by atoms with Gasteiger partial charge < -0.3 is 10.0 Å². The Labute approximate surface area is 158 Å². The van der Waals surface area contributed by atoms with Crippen LogP contribution in [-0.4, -0.2) is 11.0 Å². The van der Waals surface area contributed by atoms with Crippen LogP contribution in [0.1, 0.15) is 28.9 Å². The van der Waals surface area contributed by atoms with Gasteiger partial charge in [-0.25, -0.2) is 4.39 Å². The zero-order valence-electron chi connectivity index (χ0n) is 13.9. The lowest BCUT2D eigenvalue weighted by atomic mass is 9.88. The van der Waals surface area contributed by atoms with Crippen LogP contribution in [0.5, 0.6) is 5.75 Å². The maximum absolute atomic E-state index is 13.9. The van der Waals surface area contributed by atoms with Crippen LogP contribution in [-0.2, 0) is 0 Å². The number of fused-ring (bicyclic) bond motifs is 3. The highest BCUT2D eigenvalue weighted by Gasteiger charge is 2.33. The van der Waals surface area contributed by atoms with E-state index in [1.165, 1.54) is 24.3 Å². The molecule has 0 aromatic heterocycles. The Balaban J connectivity index is 1.92. The van der Waals surface area contributed by atoms with Gasteiger partial charge in [-0.2, -0.15) is 0 Å². The number of carbonyl (C=O) groups excluding carboxylic acids is 1. The van der Waals surface area contributed by atoms with Gasteiger partial charge in [-0.05, 0) is 70.4 Å². The summed E-state index contributed by atoms with van der Waals surface area (Å²) in [5.41, 5.74) is 3.68. The van der Waals surface area contributed by atoms with E-state index >= 15 is 0 Å². The highest BCUT2D eigenvalue weighted by atomic mass is 79.9. The maximum Gasteiger partial charge on any atom is 0.260 e. The highest BCUT2D eigenvalue weighted by Crippen LogP contribution is 2.45. The number of nitrogens with zero attached hydrogens (tertiary/aromatic N) is 1. The molecule has 130 valence electrons. The minimum Gasteiger partial charge on any atom is -0.508 e. The molecule has 0 bridgehead atoms. The van der Waals surface area contributed by atoms with Gasteiger partial charge in [-0.15, -0.1) is 0 Å². The number of anilines is 1. The summed E-state index contributed by atoms with van der Waals surface area (Å²) in [6, 6.07) is 16.5. The molecular weight excluding hydrogens is 397 g/mol. The molecule has 3 nitrogen and oxygen atoms in total. The zero-order valence-corrected chi connectivity index (χ0v) is 15.5. The number of rotatable bonds is 1. The van der Waals surface area contributed by atoms with Gasteiger partial charge in [0.1, 0.15) is 11.6 Å². The van der Waals surface area contributed by atoms with Gasteiger partial charge in [0.05, 0.1) is 17.3 Å². The molecule has 1 amide bonds. The van der Waals surface area contributed by atoms with Gasteiger partial charge in [0.15, 0.2) is 0 Å². The van der Waals surface area contributed by atoms with Crippen molar-refractivity contribution in [1.82, 2.24) is 0 Å². The van der Waals surface area contributed by atoms with Crippen molar-refractivity contribution < 1.29 is 14.3 Å². The quantitative estimate of drug-likeness (QED) is 0.559. The number of carbonyl (C=O) groups is 1. The van der Waals surface area contributed by atoms with Crippen LogP contribution in [0, 0.1) is 5.82 Å². The maximum atomic E-state index is 13.9. The number of para-hydroxylation sites is 1. The molecule has 26 heavy (non-hydrogen) atoms. The third-order valence-corrected chi connectivity index (χ3v) is 5.40. The Morgan fingerprint density at radius 3 is 2.65 bits per heavy atom. The normalized spacial score (nSPS) is 15.3. The van der Waals surface area contributed by atoms with Crippen LogP contribution in [0.4, 0.5) is 10.1 Å². The first-order chi connectivity index (χ1) is 12.5. The van der Waals surface area contributed by atoms with Crippen LogP contribution in [0.2, 0.25) is 0 Å². The lowest BCUT2D eigenvalue weighted by Crippen LogP contribution is -2.36. The Morgan fingerprint density at radius 1 is 1.08 bits per heavy atom. The molecule has 0 saturated heterocycles. The second-order valence-corrected chi connectivity index (χ2v) is 7.12. The fourth-order valence-electron chi connectivity index (χ4n) is 3.48. The summed E-state index contributed by atoms with van der Waals surface area (Å²) in [5, 5.41) is 9.80. The Hall–Kier alpha value is -2.66. The van der Waals surface area contributed by atoms with Crippen LogP contribution in [0.3, 0.4) is 0 Å². The van der Waals surface area contributed by atoms with Crippen molar-refractivity contribution in [3.63, 3.8) is 0 Å². The fourth-order valence-corrected chi connectivity index (χ4v) is 3.89. The van der Waals surface area contributed by atoms with E-state index in [0.717, 1.165) is 22.4 Å². The largest absolute Gasteiger partial charge is 0.508 e. The van der Waals surface area contributed by atoms with E-state index in [2.05, 4.69) is 15.9 Å².